The Bertz CT molecular complexity index is 958. The molecule has 8 heteroatoms. The monoisotopic (exact) mass is 430 g/mol. The van der Waals surface area contributed by atoms with E-state index >= 15 is 0 Å². The van der Waals surface area contributed by atoms with Crippen LogP contribution in [0.4, 0.5) is 0 Å². The normalized spacial score (nSPS) is 11.3. The number of halogens is 1. The predicted octanol–water partition coefficient (Wildman–Crippen LogP) is 5.15. The van der Waals surface area contributed by atoms with E-state index in [1.54, 1.807) is 36.1 Å². The van der Waals surface area contributed by atoms with Gasteiger partial charge in [0.1, 0.15) is 6.33 Å². The summed E-state index contributed by atoms with van der Waals surface area (Å²) in [5.74, 6) is 2.59. The molecule has 29 heavy (non-hydrogen) atoms. The highest BCUT2D eigenvalue weighted by Gasteiger charge is 2.07. The lowest BCUT2D eigenvalue weighted by Crippen LogP contribution is -2.05. The Morgan fingerprint density at radius 1 is 1.17 bits per heavy atom. The van der Waals surface area contributed by atoms with Crippen LogP contribution in [0.5, 0.6) is 11.5 Å². The van der Waals surface area contributed by atoms with Crippen molar-refractivity contribution >= 4 is 29.6 Å². The molecule has 0 spiro atoms. The van der Waals surface area contributed by atoms with Gasteiger partial charge in [0.15, 0.2) is 11.5 Å². The predicted molar refractivity (Wildman–Crippen MR) is 117 cm³/mol. The molecule has 3 rings (SSSR count). The molecule has 0 amide bonds. The van der Waals surface area contributed by atoms with Crippen molar-refractivity contribution in [3.63, 3.8) is 0 Å². The van der Waals surface area contributed by atoms with Crippen molar-refractivity contribution in [3.8, 4) is 11.5 Å². The Kier molecular flexibility index (Phi) is 7.55. The Morgan fingerprint density at radius 3 is 2.69 bits per heavy atom. The fraction of sp³-hybridized carbons (Fsp3) is 0.286. The van der Waals surface area contributed by atoms with Crippen molar-refractivity contribution in [2.45, 2.75) is 24.8 Å². The van der Waals surface area contributed by atoms with Gasteiger partial charge in [-0.05, 0) is 47.4 Å². The first-order valence-electron chi connectivity index (χ1n) is 9.17. The average molecular weight is 431 g/mol. The van der Waals surface area contributed by atoms with Crippen LogP contribution in [-0.4, -0.2) is 34.8 Å². The van der Waals surface area contributed by atoms with Crippen molar-refractivity contribution in [1.82, 2.24) is 14.9 Å². The summed E-state index contributed by atoms with van der Waals surface area (Å²) in [6.45, 7) is 4.85. The second-order valence-electron chi connectivity index (χ2n) is 6.73. The first-order valence-corrected chi connectivity index (χ1v) is 10.5. The molecule has 6 nitrogen and oxygen atoms in total. The van der Waals surface area contributed by atoms with Crippen molar-refractivity contribution in [2.75, 3.05) is 13.7 Å². The molecule has 0 unspecified atom stereocenters. The molecular weight excluding hydrogens is 408 g/mol. The smallest absolute Gasteiger partial charge is 0.212 e. The number of methoxy groups -OCH3 is 1. The van der Waals surface area contributed by atoms with Gasteiger partial charge in [-0.25, -0.2) is 0 Å². The van der Waals surface area contributed by atoms with Gasteiger partial charge in [-0.2, -0.15) is 9.78 Å². The zero-order chi connectivity index (χ0) is 20.6. The molecule has 3 aromatic rings. The van der Waals surface area contributed by atoms with Crippen LogP contribution in [-0.2, 0) is 5.75 Å². The molecule has 2 aromatic carbocycles. The summed E-state index contributed by atoms with van der Waals surface area (Å²) in [5.41, 5.74) is 2.04. The summed E-state index contributed by atoms with van der Waals surface area (Å²) < 4.78 is 12.9. The van der Waals surface area contributed by atoms with E-state index in [2.05, 4.69) is 29.1 Å². The van der Waals surface area contributed by atoms with Crippen LogP contribution >= 0.6 is 23.4 Å². The van der Waals surface area contributed by atoms with Crippen LogP contribution in [0.25, 0.3) is 0 Å². The van der Waals surface area contributed by atoms with Gasteiger partial charge >= 0.3 is 0 Å². The number of thioether (sulfide) groups is 1. The molecule has 0 atom stereocenters. The van der Waals surface area contributed by atoms with Crippen LogP contribution in [0.3, 0.4) is 0 Å². The van der Waals surface area contributed by atoms with Crippen molar-refractivity contribution in [1.29, 1.82) is 0 Å². The summed E-state index contributed by atoms with van der Waals surface area (Å²) in [4.78, 5) is 0. The minimum atomic E-state index is 0.443. The second-order valence-corrected chi connectivity index (χ2v) is 8.11. The van der Waals surface area contributed by atoms with Crippen molar-refractivity contribution in [2.24, 2.45) is 11.0 Å². The van der Waals surface area contributed by atoms with Gasteiger partial charge in [0.25, 0.3) is 0 Å². The standard InChI is InChI=1S/C21H23ClN4O2S/c1-15(2)12-28-19-9-6-17(10-20(19)27-3)11-24-26-14-23-25-21(26)29-13-16-4-7-18(22)8-5-16/h4-11,14-15H,12-13H2,1-3H3/b24-11+. The largest absolute Gasteiger partial charge is 0.493 e. The van der Waals surface area contributed by atoms with Crippen LogP contribution in [0.1, 0.15) is 25.0 Å². The molecule has 0 bridgehead atoms. The zero-order valence-corrected chi connectivity index (χ0v) is 18.2. The molecule has 0 fully saturated rings. The van der Waals surface area contributed by atoms with Gasteiger partial charge in [0, 0.05) is 10.8 Å². The van der Waals surface area contributed by atoms with Crippen LogP contribution < -0.4 is 9.47 Å². The molecule has 0 saturated heterocycles. The quantitative estimate of drug-likeness (QED) is 0.347. The Hall–Kier alpha value is -2.51. The number of aromatic nitrogens is 3. The molecule has 0 N–H and O–H groups in total. The van der Waals surface area contributed by atoms with E-state index in [9.17, 15) is 0 Å². The third kappa shape index (κ3) is 6.24. The van der Waals surface area contributed by atoms with Crippen molar-refractivity contribution in [3.05, 3.63) is 64.9 Å². The fourth-order valence-corrected chi connectivity index (χ4v) is 3.34. The molecule has 0 aliphatic heterocycles. The summed E-state index contributed by atoms with van der Waals surface area (Å²) in [5, 5.41) is 14.0. The lowest BCUT2D eigenvalue weighted by Gasteiger charge is -2.12. The van der Waals surface area contributed by atoms with E-state index in [4.69, 9.17) is 21.1 Å². The van der Waals surface area contributed by atoms with Gasteiger partial charge in [-0.3, -0.25) is 0 Å². The zero-order valence-electron chi connectivity index (χ0n) is 16.6. The molecular formula is C21H23ClN4O2S. The third-order valence-corrected chi connectivity index (χ3v) is 5.13. The minimum Gasteiger partial charge on any atom is -0.493 e. The summed E-state index contributed by atoms with van der Waals surface area (Å²) in [6.07, 6.45) is 3.32. The van der Waals surface area contributed by atoms with Gasteiger partial charge in [0.2, 0.25) is 5.16 Å². The SMILES string of the molecule is COc1cc(/C=N/n2cnnc2SCc2ccc(Cl)cc2)ccc1OCC(C)C. The molecule has 0 aliphatic carbocycles. The summed E-state index contributed by atoms with van der Waals surface area (Å²) in [6, 6.07) is 13.5. The first kappa shape index (κ1) is 21.2. The molecule has 1 heterocycles. The number of ether oxygens (including phenoxy) is 2. The van der Waals surface area contributed by atoms with E-state index in [1.165, 1.54) is 0 Å². The van der Waals surface area contributed by atoms with E-state index in [0.717, 1.165) is 27.7 Å². The maximum atomic E-state index is 5.93. The molecule has 0 saturated carbocycles. The Balaban J connectivity index is 1.67. The molecule has 0 radical (unpaired) electrons. The summed E-state index contributed by atoms with van der Waals surface area (Å²) in [7, 11) is 1.63. The van der Waals surface area contributed by atoms with E-state index in [-0.39, 0.29) is 0 Å². The summed E-state index contributed by atoms with van der Waals surface area (Å²) >= 11 is 7.48. The lowest BCUT2D eigenvalue weighted by molar-refractivity contribution is 0.257. The number of rotatable bonds is 9. The van der Waals surface area contributed by atoms with Crippen molar-refractivity contribution < 1.29 is 9.47 Å². The fourth-order valence-electron chi connectivity index (χ4n) is 2.39. The number of hydrogen-bond acceptors (Lipinski definition) is 6. The van der Waals surface area contributed by atoms with Gasteiger partial charge < -0.3 is 9.47 Å². The number of benzene rings is 2. The highest BCUT2D eigenvalue weighted by atomic mass is 35.5. The maximum Gasteiger partial charge on any atom is 0.212 e. The van der Waals surface area contributed by atoms with E-state index in [1.807, 2.05) is 42.5 Å². The highest BCUT2D eigenvalue weighted by molar-refractivity contribution is 7.98. The van der Waals surface area contributed by atoms with Gasteiger partial charge in [0.05, 0.1) is 19.9 Å². The first-order chi connectivity index (χ1) is 14.0. The maximum absolute atomic E-state index is 5.93. The second kappa shape index (κ2) is 10.3. The minimum absolute atomic E-state index is 0.443. The van der Waals surface area contributed by atoms with E-state index in [0.29, 0.717) is 23.4 Å². The highest BCUT2D eigenvalue weighted by Crippen LogP contribution is 2.28. The van der Waals surface area contributed by atoms with Crippen LogP contribution in [0.2, 0.25) is 5.02 Å². The van der Waals surface area contributed by atoms with Crippen LogP contribution in [0, 0.1) is 5.92 Å². The topological polar surface area (TPSA) is 61.5 Å². The third-order valence-electron chi connectivity index (χ3n) is 3.87. The van der Waals surface area contributed by atoms with Crippen LogP contribution in [0.15, 0.2) is 59.0 Å². The average Bonchev–Trinajstić information content (AvgIpc) is 3.18. The number of hydrogen-bond donors (Lipinski definition) is 0. The number of nitrogens with zero attached hydrogens (tertiary/aromatic N) is 4. The molecule has 0 aliphatic rings. The molecule has 152 valence electrons. The van der Waals surface area contributed by atoms with Gasteiger partial charge in [-0.15, -0.1) is 10.2 Å². The van der Waals surface area contributed by atoms with Gasteiger partial charge in [-0.1, -0.05) is 49.3 Å². The molecule has 1 aromatic heterocycles. The lowest BCUT2D eigenvalue weighted by atomic mass is 10.2. The Labute approximate surface area is 179 Å². The van der Waals surface area contributed by atoms with E-state index < -0.39 is 0 Å². The Morgan fingerprint density at radius 2 is 1.97 bits per heavy atom.